The Kier molecular flexibility index (Phi) is 4.57. The van der Waals surface area contributed by atoms with Crippen LogP contribution in [0.4, 0.5) is 20.6 Å². The van der Waals surface area contributed by atoms with E-state index in [0.717, 1.165) is 0 Å². The zero-order valence-electron chi connectivity index (χ0n) is 10.6. The van der Waals surface area contributed by atoms with E-state index in [9.17, 15) is 9.18 Å². The van der Waals surface area contributed by atoms with Crippen LogP contribution in [0.15, 0.2) is 46.9 Å². The van der Waals surface area contributed by atoms with Crippen LogP contribution in [0.5, 0.6) is 5.75 Å². The number of methoxy groups -OCH3 is 1. The lowest BCUT2D eigenvalue weighted by Crippen LogP contribution is -2.19. The second-order valence-electron chi connectivity index (χ2n) is 3.93. The van der Waals surface area contributed by atoms with Gasteiger partial charge in [-0.1, -0.05) is 0 Å². The van der Waals surface area contributed by atoms with E-state index in [1.165, 1.54) is 18.2 Å². The molecule has 0 heterocycles. The third kappa shape index (κ3) is 3.71. The van der Waals surface area contributed by atoms with Gasteiger partial charge in [0.1, 0.15) is 11.6 Å². The topological polar surface area (TPSA) is 50.4 Å². The number of carbonyl (C=O) groups excluding carboxylic acids is 1. The number of hydrogen-bond acceptors (Lipinski definition) is 2. The minimum absolute atomic E-state index is 0.357. The molecule has 0 aromatic heterocycles. The maximum Gasteiger partial charge on any atom is 0.323 e. The maximum atomic E-state index is 13.1. The van der Waals surface area contributed by atoms with Crippen molar-refractivity contribution in [1.82, 2.24) is 0 Å². The van der Waals surface area contributed by atoms with Gasteiger partial charge in [0.15, 0.2) is 0 Å². The second-order valence-corrected chi connectivity index (χ2v) is 4.79. The Hall–Kier alpha value is -2.08. The monoisotopic (exact) mass is 338 g/mol. The van der Waals surface area contributed by atoms with E-state index in [2.05, 4.69) is 26.6 Å². The Labute approximate surface area is 124 Å². The number of halogens is 2. The average Bonchev–Trinajstić information content (AvgIpc) is 2.43. The molecule has 104 valence electrons. The van der Waals surface area contributed by atoms with E-state index in [1.807, 2.05) is 0 Å². The summed E-state index contributed by atoms with van der Waals surface area (Å²) in [5.74, 6) is 0.275. The molecule has 0 aliphatic rings. The number of benzene rings is 2. The first-order valence-electron chi connectivity index (χ1n) is 5.75. The van der Waals surface area contributed by atoms with Crippen LogP contribution >= 0.6 is 15.9 Å². The highest BCUT2D eigenvalue weighted by atomic mass is 79.9. The normalized spacial score (nSPS) is 9.95. The number of ether oxygens (including phenoxy) is 1. The molecular formula is C14H12BrFN2O2. The SMILES string of the molecule is COc1ccc(NC(=O)Nc2cc(F)ccc2Br)cc1. The third-order valence-electron chi connectivity index (χ3n) is 2.52. The standard InChI is InChI=1S/C14H12BrFN2O2/c1-20-11-5-3-10(4-6-11)17-14(19)18-13-8-9(16)2-7-12(13)15/h2-8H,1H3,(H2,17,18,19). The van der Waals surface area contributed by atoms with Crippen LogP contribution in [0, 0.1) is 5.82 Å². The van der Waals surface area contributed by atoms with Gasteiger partial charge in [-0.05, 0) is 58.4 Å². The van der Waals surface area contributed by atoms with Crippen molar-refractivity contribution in [2.75, 3.05) is 17.7 Å². The summed E-state index contributed by atoms with van der Waals surface area (Å²) < 4.78 is 18.7. The van der Waals surface area contributed by atoms with E-state index in [1.54, 1.807) is 31.4 Å². The number of anilines is 2. The van der Waals surface area contributed by atoms with E-state index < -0.39 is 11.8 Å². The molecule has 0 aliphatic heterocycles. The quantitative estimate of drug-likeness (QED) is 0.879. The predicted molar refractivity (Wildman–Crippen MR) is 79.7 cm³/mol. The zero-order chi connectivity index (χ0) is 14.5. The fourth-order valence-corrected chi connectivity index (χ4v) is 1.90. The summed E-state index contributed by atoms with van der Waals surface area (Å²) in [5.41, 5.74) is 0.965. The first kappa shape index (κ1) is 14.3. The molecule has 0 saturated heterocycles. The van der Waals surface area contributed by atoms with Gasteiger partial charge in [-0.2, -0.15) is 0 Å². The van der Waals surface area contributed by atoms with Crippen LogP contribution in [0.25, 0.3) is 0 Å². The van der Waals surface area contributed by atoms with Crippen LogP contribution in [0.1, 0.15) is 0 Å². The number of nitrogens with one attached hydrogen (secondary N) is 2. The van der Waals surface area contributed by atoms with Crippen molar-refractivity contribution in [2.24, 2.45) is 0 Å². The summed E-state index contributed by atoms with van der Waals surface area (Å²) in [4.78, 5) is 11.8. The summed E-state index contributed by atoms with van der Waals surface area (Å²) >= 11 is 3.24. The lowest BCUT2D eigenvalue weighted by molar-refractivity contribution is 0.262. The minimum atomic E-state index is -0.457. The Bertz CT molecular complexity index is 617. The first-order valence-corrected chi connectivity index (χ1v) is 6.55. The molecule has 0 saturated carbocycles. The van der Waals surface area contributed by atoms with Gasteiger partial charge in [0, 0.05) is 10.2 Å². The Morgan fingerprint density at radius 3 is 2.50 bits per heavy atom. The van der Waals surface area contributed by atoms with Crippen LogP contribution in [-0.4, -0.2) is 13.1 Å². The lowest BCUT2D eigenvalue weighted by atomic mass is 10.3. The highest BCUT2D eigenvalue weighted by Crippen LogP contribution is 2.23. The van der Waals surface area contributed by atoms with Crippen molar-refractivity contribution in [3.05, 3.63) is 52.8 Å². The molecule has 0 atom stereocenters. The lowest BCUT2D eigenvalue weighted by Gasteiger charge is -2.09. The van der Waals surface area contributed by atoms with Gasteiger partial charge in [-0.15, -0.1) is 0 Å². The third-order valence-corrected chi connectivity index (χ3v) is 3.22. The van der Waals surface area contributed by atoms with Crippen LogP contribution in [-0.2, 0) is 0 Å². The highest BCUT2D eigenvalue weighted by molar-refractivity contribution is 9.10. The van der Waals surface area contributed by atoms with Crippen molar-refractivity contribution in [3.63, 3.8) is 0 Å². The molecular weight excluding hydrogens is 327 g/mol. The molecule has 0 bridgehead atoms. The molecule has 2 aromatic carbocycles. The van der Waals surface area contributed by atoms with Crippen molar-refractivity contribution in [3.8, 4) is 5.75 Å². The Morgan fingerprint density at radius 2 is 1.85 bits per heavy atom. The van der Waals surface area contributed by atoms with Crippen molar-refractivity contribution >= 4 is 33.3 Å². The van der Waals surface area contributed by atoms with Gasteiger partial charge >= 0.3 is 6.03 Å². The van der Waals surface area contributed by atoms with Crippen molar-refractivity contribution in [2.45, 2.75) is 0 Å². The molecule has 0 unspecified atom stereocenters. The zero-order valence-corrected chi connectivity index (χ0v) is 12.2. The number of amides is 2. The van der Waals surface area contributed by atoms with Crippen LogP contribution < -0.4 is 15.4 Å². The summed E-state index contributed by atoms with van der Waals surface area (Å²) in [7, 11) is 1.57. The molecule has 2 rings (SSSR count). The van der Waals surface area contributed by atoms with Gasteiger partial charge < -0.3 is 15.4 Å². The van der Waals surface area contributed by atoms with E-state index >= 15 is 0 Å². The van der Waals surface area contributed by atoms with Crippen LogP contribution in [0.3, 0.4) is 0 Å². The van der Waals surface area contributed by atoms with E-state index in [4.69, 9.17) is 4.74 Å². The van der Waals surface area contributed by atoms with E-state index in [-0.39, 0.29) is 0 Å². The molecule has 2 amide bonds. The summed E-state index contributed by atoms with van der Waals surface area (Å²) in [6.07, 6.45) is 0. The van der Waals surface area contributed by atoms with Crippen LogP contribution in [0.2, 0.25) is 0 Å². The smallest absolute Gasteiger partial charge is 0.323 e. The number of rotatable bonds is 3. The highest BCUT2D eigenvalue weighted by Gasteiger charge is 2.07. The summed E-state index contributed by atoms with van der Waals surface area (Å²) in [6.45, 7) is 0. The molecule has 0 spiro atoms. The fourth-order valence-electron chi connectivity index (χ4n) is 1.55. The number of urea groups is 1. The minimum Gasteiger partial charge on any atom is -0.497 e. The first-order chi connectivity index (χ1) is 9.58. The van der Waals surface area contributed by atoms with Gasteiger partial charge in [0.2, 0.25) is 0 Å². The van der Waals surface area contributed by atoms with Crippen molar-refractivity contribution in [1.29, 1.82) is 0 Å². The van der Waals surface area contributed by atoms with Crippen molar-refractivity contribution < 1.29 is 13.9 Å². The number of hydrogen-bond donors (Lipinski definition) is 2. The summed E-state index contributed by atoms with van der Waals surface area (Å²) in [6, 6.07) is 10.5. The van der Waals surface area contributed by atoms with Gasteiger partial charge in [-0.25, -0.2) is 9.18 Å². The molecule has 4 nitrogen and oxygen atoms in total. The van der Waals surface area contributed by atoms with Gasteiger partial charge in [-0.3, -0.25) is 0 Å². The molecule has 0 aliphatic carbocycles. The van der Waals surface area contributed by atoms with Gasteiger partial charge in [0.05, 0.1) is 12.8 Å². The predicted octanol–water partition coefficient (Wildman–Crippen LogP) is 4.24. The second kappa shape index (κ2) is 6.38. The largest absolute Gasteiger partial charge is 0.497 e. The fraction of sp³-hybridized carbons (Fsp3) is 0.0714. The van der Waals surface area contributed by atoms with E-state index in [0.29, 0.717) is 21.6 Å². The molecule has 0 radical (unpaired) electrons. The molecule has 2 N–H and O–H groups in total. The molecule has 20 heavy (non-hydrogen) atoms. The Balaban J connectivity index is 2.03. The maximum absolute atomic E-state index is 13.1. The number of carbonyl (C=O) groups is 1. The molecule has 6 heteroatoms. The van der Waals surface area contributed by atoms with Gasteiger partial charge in [0.25, 0.3) is 0 Å². The summed E-state index contributed by atoms with van der Waals surface area (Å²) in [5, 5.41) is 5.20. The molecule has 2 aromatic rings. The Morgan fingerprint density at radius 1 is 1.15 bits per heavy atom. The average molecular weight is 339 g/mol. The molecule has 0 fully saturated rings.